The van der Waals surface area contributed by atoms with Crippen molar-refractivity contribution in [2.75, 3.05) is 37.7 Å². The molecule has 2 aliphatic heterocycles. The van der Waals surface area contributed by atoms with E-state index in [4.69, 9.17) is 4.74 Å². The highest BCUT2D eigenvalue weighted by molar-refractivity contribution is 5.93. The van der Waals surface area contributed by atoms with E-state index in [0.29, 0.717) is 24.7 Å². The van der Waals surface area contributed by atoms with Gasteiger partial charge in [0.2, 0.25) is 0 Å². The molecule has 1 amide bonds. The number of carbonyl (C=O) groups is 2. The molecule has 0 unspecified atom stereocenters. The van der Waals surface area contributed by atoms with Crippen LogP contribution in [0, 0.1) is 16.0 Å². The third-order valence-electron chi connectivity index (χ3n) is 5.69. The van der Waals surface area contributed by atoms with Gasteiger partial charge in [0, 0.05) is 32.2 Å². The number of hydrogen-bond donors (Lipinski definition) is 0. The van der Waals surface area contributed by atoms with E-state index in [2.05, 4.69) is 6.92 Å². The number of nitro groups is 1. The molecule has 0 bridgehead atoms. The van der Waals surface area contributed by atoms with Crippen LogP contribution in [0.5, 0.6) is 0 Å². The number of piperidine rings is 1. The number of nitrogens with zero attached hydrogens (tertiary/aromatic N) is 3. The third-order valence-corrected chi connectivity index (χ3v) is 5.69. The zero-order valence-electron chi connectivity index (χ0n) is 17.0. The van der Waals surface area contributed by atoms with Crippen LogP contribution in [0.4, 0.5) is 11.4 Å². The number of likely N-dealkylation sites (tertiary alicyclic amines) is 1. The summed E-state index contributed by atoms with van der Waals surface area (Å²) in [5, 5.41) is 11.6. The van der Waals surface area contributed by atoms with Crippen LogP contribution in [0.3, 0.4) is 0 Å². The number of benzene rings is 1. The van der Waals surface area contributed by atoms with Crippen molar-refractivity contribution in [2.24, 2.45) is 5.92 Å². The predicted octanol–water partition coefficient (Wildman–Crippen LogP) is 3.39. The van der Waals surface area contributed by atoms with E-state index < -0.39 is 10.9 Å². The number of rotatable bonds is 5. The van der Waals surface area contributed by atoms with Crippen LogP contribution in [0.25, 0.3) is 0 Å². The van der Waals surface area contributed by atoms with Crippen LogP contribution >= 0.6 is 0 Å². The van der Waals surface area contributed by atoms with E-state index >= 15 is 0 Å². The maximum atomic E-state index is 12.4. The summed E-state index contributed by atoms with van der Waals surface area (Å²) in [6.45, 7) is 4.69. The zero-order valence-corrected chi connectivity index (χ0v) is 17.0. The standard InChI is InChI=1S/C21H29N3O5/c1-16-7-6-12-23(14-16)18-9-8-17(13-19(18)24(27)28)21(26)29-15-20(25)22-10-4-2-3-5-11-22/h8-9,13,16H,2-7,10-12,14-15H2,1H3/t16-/m0/s1. The number of nitro benzene ring substituents is 1. The summed E-state index contributed by atoms with van der Waals surface area (Å²) in [7, 11) is 0. The minimum Gasteiger partial charge on any atom is -0.452 e. The Balaban J connectivity index is 1.66. The Bertz CT molecular complexity index is 759. The first-order valence-electron chi connectivity index (χ1n) is 10.4. The molecule has 2 heterocycles. The number of anilines is 1. The van der Waals surface area contributed by atoms with Gasteiger partial charge in [-0.1, -0.05) is 19.8 Å². The highest BCUT2D eigenvalue weighted by Crippen LogP contribution is 2.32. The number of carbonyl (C=O) groups excluding carboxylic acids is 2. The van der Waals surface area contributed by atoms with E-state index in [9.17, 15) is 19.7 Å². The Morgan fingerprint density at radius 3 is 2.52 bits per heavy atom. The van der Waals surface area contributed by atoms with E-state index in [0.717, 1.165) is 51.6 Å². The average Bonchev–Trinajstić information content (AvgIpc) is 3.01. The molecule has 1 aromatic carbocycles. The van der Waals surface area contributed by atoms with Crippen LogP contribution in [0.1, 0.15) is 55.8 Å². The molecule has 2 saturated heterocycles. The molecule has 2 fully saturated rings. The molecule has 29 heavy (non-hydrogen) atoms. The largest absolute Gasteiger partial charge is 0.452 e. The first kappa shape index (κ1) is 21.1. The minimum absolute atomic E-state index is 0.0918. The van der Waals surface area contributed by atoms with Crippen molar-refractivity contribution in [2.45, 2.75) is 45.4 Å². The predicted molar refractivity (Wildman–Crippen MR) is 109 cm³/mol. The maximum absolute atomic E-state index is 12.4. The number of ether oxygens (including phenoxy) is 1. The normalized spacial score (nSPS) is 20.1. The lowest BCUT2D eigenvalue weighted by Crippen LogP contribution is -2.35. The summed E-state index contributed by atoms with van der Waals surface area (Å²) in [5.74, 6) is -0.457. The van der Waals surface area contributed by atoms with Gasteiger partial charge < -0.3 is 14.5 Å². The molecular weight excluding hydrogens is 374 g/mol. The lowest BCUT2D eigenvalue weighted by Gasteiger charge is -2.32. The van der Waals surface area contributed by atoms with Gasteiger partial charge in [0.05, 0.1) is 10.5 Å². The molecule has 1 aromatic rings. The van der Waals surface area contributed by atoms with Crippen LogP contribution in [-0.2, 0) is 9.53 Å². The van der Waals surface area contributed by atoms with Gasteiger partial charge in [-0.15, -0.1) is 0 Å². The second kappa shape index (κ2) is 9.71. The Morgan fingerprint density at radius 1 is 1.14 bits per heavy atom. The van der Waals surface area contributed by atoms with Gasteiger partial charge in [0.25, 0.3) is 11.6 Å². The summed E-state index contributed by atoms with van der Waals surface area (Å²) in [6.07, 6.45) is 6.23. The molecule has 8 heteroatoms. The molecule has 0 radical (unpaired) electrons. The topological polar surface area (TPSA) is 93.0 Å². The quantitative estimate of drug-likeness (QED) is 0.425. The van der Waals surface area contributed by atoms with Gasteiger partial charge in [-0.25, -0.2) is 4.79 Å². The second-order valence-electron chi connectivity index (χ2n) is 8.03. The average molecular weight is 403 g/mol. The molecule has 0 N–H and O–H groups in total. The molecule has 1 atom stereocenters. The van der Waals surface area contributed by atoms with E-state index in [1.54, 1.807) is 17.0 Å². The van der Waals surface area contributed by atoms with Crippen molar-refractivity contribution in [3.63, 3.8) is 0 Å². The fourth-order valence-electron chi connectivity index (χ4n) is 4.09. The Morgan fingerprint density at radius 2 is 1.86 bits per heavy atom. The molecular formula is C21H29N3O5. The first-order chi connectivity index (χ1) is 14.0. The van der Waals surface area contributed by atoms with Crippen molar-refractivity contribution in [1.29, 1.82) is 0 Å². The van der Waals surface area contributed by atoms with Gasteiger partial charge in [-0.3, -0.25) is 14.9 Å². The smallest absolute Gasteiger partial charge is 0.338 e. The molecule has 0 aromatic heterocycles. The van der Waals surface area contributed by atoms with Gasteiger partial charge in [-0.05, 0) is 43.7 Å². The number of esters is 1. The summed E-state index contributed by atoms with van der Waals surface area (Å²) in [4.78, 5) is 39.5. The molecule has 158 valence electrons. The van der Waals surface area contributed by atoms with Crippen molar-refractivity contribution in [1.82, 2.24) is 4.90 Å². The highest BCUT2D eigenvalue weighted by Gasteiger charge is 2.26. The van der Waals surface area contributed by atoms with Gasteiger partial charge in [0.1, 0.15) is 5.69 Å². The van der Waals surface area contributed by atoms with Crippen molar-refractivity contribution >= 4 is 23.3 Å². The lowest BCUT2D eigenvalue weighted by atomic mass is 9.99. The van der Waals surface area contributed by atoms with Crippen molar-refractivity contribution in [3.8, 4) is 0 Å². The fourth-order valence-corrected chi connectivity index (χ4v) is 4.09. The maximum Gasteiger partial charge on any atom is 0.338 e. The molecule has 3 rings (SSSR count). The van der Waals surface area contributed by atoms with Crippen molar-refractivity contribution < 1.29 is 19.2 Å². The monoisotopic (exact) mass is 403 g/mol. The zero-order chi connectivity index (χ0) is 20.8. The number of hydrogen-bond acceptors (Lipinski definition) is 6. The Kier molecular flexibility index (Phi) is 7.06. The fraction of sp³-hybridized carbons (Fsp3) is 0.619. The minimum atomic E-state index is -0.713. The first-order valence-corrected chi connectivity index (χ1v) is 10.4. The molecule has 0 spiro atoms. The highest BCUT2D eigenvalue weighted by atomic mass is 16.6. The molecule has 0 saturated carbocycles. The summed E-state index contributed by atoms with van der Waals surface area (Å²) >= 11 is 0. The van der Waals surface area contributed by atoms with Gasteiger partial charge in [-0.2, -0.15) is 0 Å². The Labute approximate surface area is 171 Å². The van der Waals surface area contributed by atoms with E-state index in [1.807, 2.05) is 4.90 Å². The van der Waals surface area contributed by atoms with E-state index in [-0.39, 0.29) is 23.8 Å². The van der Waals surface area contributed by atoms with Crippen LogP contribution in [0.2, 0.25) is 0 Å². The SMILES string of the molecule is C[C@H]1CCCN(c2ccc(C(=O)OCC(=O)N3CCCCCC3)cc2[N+](=O)[O-])C1. The van der Waals surface area contributed by atoms with Crippen LogP contribution in [-0.4, -0.2) is 54.5 Å². The van der Waals surface area contributed by atoms with Gasteiger partial charge >= 0.3 is 5.97 Å². The van der Waals surface area contributed by atoms with Crippen LogP contribution in [0.15, 0.2) is 18.2 Å². The molecule has 0 aliphatic carbocycles. The second-order valence-corrected chi connectivity index (χ2v) is 8.03. The summed E-state index contributed by atoms with van der Waals surface area (Å²) in [6, 6.07) is 4.41. The number of amides is 1. The lowest BCUT2D eigenvalue weighted by molar-refractivity contribution is -0.384. The third kappa shape index (κ3) is 5.46. The summed E-state index contributed by atoms with van der Waals surface area (Å²) < 4.78 is 5.15. The summed E-state index contributed by atoms with van der Waals surface area (Å²) in [5.41, 5.74) is 0.514. The molecule has 8 nitrogen and oxygen atoms in total. The van der Waals surface area contributed by atoms with Gasteiger partial charge in [0.15, 0.2) is 6.61 Å². The molecule has 2 aliphatic rings. The van der Waals surface area contributed by atoms with Crippen molar-refractivity contribution in [3.05, 3.63) is 33.9 Å². The van der Waals surface area contributed by atoms with Crippen LogP contribution < -0.4 is 4.90 Å². The Hall–Kier alpha value is -2.64. The van der Waals surface area contributed by atoms with E-state index in [1.165, 1.54) is 6.07 Å².